The summed E-state index contributed by atoms with van der Waals surface area (Å²) in [5.41, 5.74) is 2.33. The number of anilines is 2. The van der Waals surface area contributed by atoms with E-state index in [-0.39, 0.29) is 18.2 Å². The number of hydrogen-bond donors (Lipinski definition) is 1. The van der Waals surface area contributed by atoms with Gasteiger partial charge in [-0.2, -0.15) is 0 Å². The lowest BCUT2D eigenvalue weighted by Crippen LogP contribution is -2.36. The Labute approximate surface area is 146 Å². The number of halogens is 3. The molecular weight excluding hydrogens is 355 g/mol. The van der Waals surface area contributed by atoms with Crippen LogP contribution < -0.4 is 15.0 Å². The van der Waals surface area contributed by atoms with Gasteiger partial charge in [0.25, 0.3) is 0 Å². The second-order valence-electron chi connectivity index (χ2n) is 5.71. The van der Waals surface area contributed by atoms with Gasteiger partial charge in [0.2, 0.25) is 5.91 Å². The quantitative estimate of drug-likeness (QED) is 0.890. The number of nitrogens with one attached hydrogen (secondary N) is 1. The summed E-state index contributed by atoms with van der Waals surface area (Å²) in [7, 11) is 0. The third-order valence-electron chi connectivity index (χ3n) is 3.70. The van der Waals surface area contributed by atoms with E-state index >= 15 is 0 Å². The number of rotatable bonds is 4. The van der Waals surface area contributed by atoms with Crippen LogP contribution in [0.2, 0.25) is 0 Å². The molecule has 0 saturated carbocycles. The van der Waals surface area contributed by atoms with E-state index in [1.807, 2.05) is 17.2 Å². The van der Waals surface area contributed by atoms with Crippen molar-refractivity contribution in [2.24, 2.45) is 0 Å². The van der Waals surface area contributed by atoms with Crippen molar-refractivity contribution in [1.29, 1.82) is 0 Å². The molecule has 1 amide bonds. The number of nitrogens with zero attached hydrogens (tertiary/aromatic N) is 2. The van der Waals surface area contributed by atoms with Crippen molar-refractivity contribution in [3.63, 3.8) is 0 Å². The van der Waals surface area contributed by atoms with Crippen molar-refractivity contribution in [3.05, 3.63) is 34.8 Å². The zero-order chi connectivity index (χ0) is 18.0. The topological polar surface area (TPSA) is 54.5 Å². The highest BCUT2D eigenvalue weighted by atomic mass is 32.1. The molecule has 1 aliphatic heterocycles. The van der Waals surface area contributed by atoms with Gasteiger partial charge in [-0.3, -0.25) is 4.79 Å². The molecule has 0 atom stereocenters. The van der Waals surface area contributed by atoms with Gasteiger partial charge in [-0.25, -0.2) is 4.98 Å². The Bertz CT molecular complexity index is 776. The molecule has 0 radical (unpaired) electrons. The van der Waals surface area contributed by atoms with Crippen molar-refractivity contribution in [2.45, 2.75) is 26.1 Å². The maximum Gasteiger partial charge on any atom is 0.573 e. The monoisotopic (exact) mass is 371 g/mol. The summed E-state index contributed by atoms with van der Waals surface area (Å²) in [6.45, 7) is 2.62. The van der Waals surface area contributed by atoms with Gasteiger partial charge in [-0.05, 0) is 43.5 Å². The molecule has 1 N–H and O–H groups in total. The first-order valence-corrected chi connectivity index (χ1v) is 8.54. The summed E-state index contributed by atoms with van der Waals surface area (Å²) < 4.78 is 41.0. The summed E-state index contributed by atoms with van der Waals surface area (Å²) in [5, 5.41) is 5.11. The predicted molar refractivity (Wildman–Crippen MR) is 89.1 cm³/mol. The van der Waals surface area contributed by atoms with E-state index in [4.69, 9.17) is 0 Å². The van der Waals surface area contributed by atoms with E-state index in [1.165, 1.54) is 23.5 Å². The number of ether oxygens (including phenoxy) is 1. The average Bonchev–Trinajstić information content (AvgIpc) is 2.90. The molecule has 2 aromatic rings. The van der Waals surface area contributed by atoms with E-state index in [2.05, 4.69) is 15.0 Å². The number of carbonyl (C=O) groups excluding carboxylic acids is 1. The van der Waals surface area contributed by atoms with Crippen LogP contribution in [0.1, 0.15) is 17.7 Å². The van der Waals surface area contributed by atoms with Crippen molar-refractivity contribution in [3.8, 4) is 5.75 Å². The highest BCUT2D eigenvalue weighted by molar-refractivity contribution is 7.13. The van der Waals surface area contributed by atoms with E-state index in [0.29, 0.717) is 18.1 Å². The molecule has 0 spiro atoms. The second kappa shape index (κ2) is 6.91. The Hall–Kier alpha value is -2.29. The number of thiazole rings is 1. The summed E-state index contributed by atoms with van der Waals surface area (Å²) in [6.07, 6.45) is -3.31. The van der Waals surface area contributed by atoms with Crippen LogP contribution in [0.15, 0.2) is 23.6 Å². The van der Waals surface area contributed by atoms with Crippen LogP contribution in [-0.2, 0) is 11.2 Å². The maximum absolute atomic E-state index is 12.3. The van der Waals surface area contributed by atoms with Crippen LogP contribution in [0.25, 0.3) is 0 Å². The lowest BCUT2D eigenvalue weighted by atomic mass is 10.0. The van der Waals surface area contributed by atoms with Crippen molar-refractivity contribution >= 4 is 28.1 Å². The molecule has 1 aliphatic rings. The second-order valence-corrected chi connectivity index (χ2v) is 6.56. The van der Waals surface area contributed by atoms with Crippen LogP contribution >= 0.6 is 11.3 Å². The molecule has 1 aromatic heterocycles. The number of alkyl halides is 3. The lowest BCUT2D eigenvalue weighted by Gasteiger charge is -2.31. The van der Waals surface area contributed by atoms with Gasteiger partial charge in [-0.1, -0.05) is 0 Å². The molecule has 5 nitrogen and oxygen atoms in total. The zero-order valence-corrected chi connectivity index (χ0v) is 14.2. The molecule has 2 heterocycles. The Morgan fingerprint density at radius 2 is 2.24 bits per heavy atom. The maximum atomic E-state index is 12.3. The van der Waals surface area contributed by atoms with Crippen molar-refractivity contribution < 1.29 is 22.7 Å². The van der Waals surface area contributed by atoms with Crippen LogP contribution in [0, 0.1) is 6.92 Å². The molecular formula is C16H16F3N3O2S. The number of carbonyl (C=O) groups is 1. The molecule has 0 unspecified atom stereocenters. The van der Waals surface area contributed by atoms with E-state index in [0.717, 1.165) is 23.4 Å². The Morgan fingerprint density at radius 1 is 1.44 bits per heavy atom. The Kier molecular flexibility index (Phi) is 4.85. The average molecular weight is 371 g/mol. The number of hydrogen-bond acceptors (Lipinski definition) is 5. The van der Waals surface area contributed by atoms with Gasteiger partial charge < -0.3 is 15.0 Å². The van der Waals surface area contributed by atoms with Gasteiger partial charge >= 0.3 is 6.36 Å². The van der Waals surface area contributed by atoms with Crippen molar-refractivity contribution in [1.82, 2.24) is 4.98 Å². The largest absolute Gasteiger partial charge is 0.573 e. The SMILES string of the molecule is Cc1csc(NC(=O)CN2CCCc3cc(OC(F)(F)F)ccc32)n1. The van der Waals surface area contributed by atoms with E-state index < -0.39 is 6.36 Å². The van der Waals surface area contributed by atoms with Crippen LogP contribution in [0.4, 0.5) is 24.0 Å². The number of fused-ring (bicyclic) bond motifs is 1. The van der Waals surface area contributed by atoms with Gasteiger partial charge in [0.1, 0.15) is 5.75 Å². The molecule has 1 aromatic carbocycles. The Morgan fingerprint density at radius 3 is 2.92 bits per heavy atom. The molecule has 0 saturated heterocycles. The molecule has 3 rings (SSSR count). The minimum absolute atomic E-state index is 0.116. The van der Waals surface area contributed by atoms with E-state index in [9.17, 15) is 18.0 Å². The summed E-state index contributed by atoms with van der Waals surface area (Å²) in [6, 6.07) is 4.22. The van der Waals surface area contributed by atoms with Crippen LogP contribution in [0.5, 0.6) is 5.75 Å². The van der Waals surface area contributed by atoms with E-state index in [1.54, 1.807) is 6.07 Å². The molecule has 9 heteroatoms. The Balaban J connectivity index is 1.69. The number of aryl methyl sites for hydroxylation is 2. The van der Waals surface area contributed by atoms with Crippen molar-refractivity contribution in [2.75, 3.05) is 23.3 Å². The highest BCUT2D eigenvalue weighted by Gasteiger charge is 2.31. The van der Waals surface area contributed by atoms with Gasteiger partial charge in [-0.15, -0.1) is 24.5 Å². The smallest absolute Gasteiger partial charge is 0.406 e. The number of benzene rings is 1. The molecule has 0 fully saturated rings. The van der Waals surface area contributed by atoms with Crippen LogP contribution in [0.3, 0.4) is 0 Å². The lowest BCUT2D eigenvalue weighted by molar-refractivity contribution is -0.274. The normalized spacial score (nSPS) is 14.2. The fourth-order valence-electron chi connectivity index (χ4n) is 2.76. The zero-order valence-electron chi connectivity index (χ0n) is 13.4. The first-order chi connectivity index (χ1) is 11.8. The van der Waals surface area contributed by atoms with Gasteiger partial charge in [0.15, 0.2) is 5.13 Å². The van der Waals surface area contributed by atoms with Gasteiger partial charge in [0, 0.05) is 17.6 Å². The molecule has 0 aliphatic carbocycles. The molecule has 0 bridgehead atoms. The third kappa shape index (κ3) is 4.62. The molecule has 25 heavy (non-hydrogen) atoms. The minimum atomic E-state index is -4.71. The number of amides is 1. The molecule has 134 valence electrons. The first-order valence-electron chi connectivity index (χ1n) is 7.66. The predicted octanol–water partition coefficient (Wildman–Crippen LogP) is 3.74. The fourth-order valence-corrected chi connectivity index (χ4v) is 3.46. The summed E-state index contributed by atoms with van der Waals surface area (Å²) >= 11 is 1.35. The van der Waals surface area contributed by atoms with Gasteiger partial charge in [0.05, 0.1) is 12.2 Å². The van der Waals surface area contributed by atoms with Crippen LogP contribution in [-0.4, -0.2) is 30.3 Å². The minimum Gasteiger partial charge on any atom is -0.406 e. The fraction of sp³-hybridized carbons (Fsp3) is 0.375. The number of aromatic nitrogens is 1. The summed E-state index contributed by atoms with van der Waals surface area (Å²) in [4.78, 5) is 18.2. The first kappa shape index (κ1) is 17.5. The summed E-state index contributed by atoms with van der Waals surface area (Å²) in [5.74, 6) is -0.450. The third-order valence-corrected chi connectivity index (χ3v) is 4.57. The standard InChI is InChI=1S/C16H16F3N3O2S/c1-10-9-25-15(20-10)21-14(23)8-22-6-2-3-11-7-12(4-5-13(11)22)24-16(17,18)19/h4-5,7,9H,2-3,6,8H2,1H3,(H,20,21,23). The highest BCUT2D eigenvalue weighted by Crippen LogP contribution is 2.32.